The third kappa shape index (κ3) is 4.48. The minimum Gasteiger partial charge on any atom is -0.493 e. The van der Waals surface area contributed by atoms with E-state index >= 15 is 0 Å². The molecule has 34 heavy (non-hydrogen) atoms. The molecule has 0 aliphatic carbocycles. The van der Waals surface area contributed by atoms with E-state index in [2.05, 4.69) is 24.3 Å². The molecule has 4 aromatic rings. The average Bonchev–Trinajstić information content (AvgIpc) is 2.88. The molecule has 0 spiro atoms. The SMILES string of the molecule is COc1ccc(C(c2ccc(OCC(=O)O)cc2)c2cccc3ccccc23)c(OC)c1OC. The lowest BCUT2D eigenvalue weighted by Crippen LogP contribution is -2.10. The summed E-state index contributed by atoms with van der Waals surface area (Å²) < 4.78 is 22.3. The van der Waals surface area contributed by atoms with Gasteiger partial charge in [-0.15, -0.1) is 0 Å². The Hall–Kier alpha value is -4.19. The van der Waals surface area contributed by atoms with E-state index in [4.69, 9.17) is 24.1 Å². The zero-order valence-electron chi connectivity index (χ0n) is 19.3. The Balaban J connectivity index is 1.92. The number of benzene rings is 4. The second-order valence-corrected chi connectivity index (χ2v) is 7.68. The number of aliphatic carboxylic acids is 1. The van der Waals surface area contributed by atoms with Crippen LogP contribution in [0.1, 0.15) is 22.6 Å². The van der Waals surface area contributed by atoms with Crippen molar-refractivity contribution in [3.05, 3.63) is 95.6 Å². The van der Waals surface area contributed by atoms with Crippen molar-refractivity contribution in [2.24, 2.45) is 0 Å². The predicted molar refractivity (Wildman–Crippen MR) is 131 cm³/mol. The van der Waals surface area contributed by atoms with E-state index in [-0.39, 0.29) is 5.92 Å². The highest BCUT2D eigenvalue weighted by Gasteiger charge is 2.26. The van der Waals surface area contributed by atoms with Gasteiger partial charge in [0, 0.05) is 11.5 Å². The molecule has 0 aliphatic heterocycles. The van der Waals surface area contributed by atoms with Crippen LogP contribution in [0.5, 0.6) is 23.0 Å². The van der Waals surface area contributed by atoms with Gasteiger partial charge in [0.15, 0.2) is 18.1 Å². The predicted octanol–water partition coefficient (Wildman–Crippen LogP) is 5.51. The summed E-state index contributed by atoms with van der Waals surface area (Å²) in [6.45, 7) is -0.393. The van der Waals surface area contributed by atoms with Crippen LogP contribution in [0.3, 0.4) is 0 Å². The Morgan fingerprint density at radius 2 is 1.47 bits per heavy atom. The highest BCUT2D eigenvalue weighted by molar-refractivity contribution is 5.87. The summed E-state index contributed by atoms with van der Waals surface area (Å²) >= 11 is 0. The average molecular weight is 459 g/mol. The number of carboxylic acids is 1. The first-order chi connectivity index (χ1) is 16.6. The molecule has 1 atom stereocenters. The minimum atomic E-state index is -1.02. The highest BCUT2D eigenvalue weighted by atomic mass is 16.5. The van der Waals surface area contributed by atoms with Gasteiger partial charge in [-0.3, -0.25) is 0 Å². The number of hydrogen-bond donors (Lipinski definition) is 1. The summed E-state index contributed by atoms with van der Waals surface area (Å²) in [6, 6.07) is 25.8. The molecule has 1 N–H and O–H groups in total. The van der Waals surface area contributed by atoms with Crippen LogP contribution in [0.4, 0.5) is 0 Å². The van der Waals surface area contributed by atoms with Crippen LogP contribution in [0.2, 0.25) is 0 Å². The molecule has 6 heteroatoms. The van der Waals surface area contributed by atoms with E-state index in [1.807, 2.05) is 42.5 Å². The number of fused-ring (bicyclic) bond motifs is 1. The van der Waals surface area contributed by atoms with Crippen molar-refractivity contribution in [3.63, 3.8) is 0 Å². The van der Waals surface area contributed by atoms with Gasteiger partial charge in [-0.05, 0) is 40.1 Å². The molecule has 0 saturated heterocycles. The Bertz CT molecular complexity index is 1290. The fourth-order valence-electron chi connectivity index (χ4n) is 4.28. The third-order valence-electron chi connectivity index (χ3n) is 5.76. The lowest BCUT2D eigenvalue weighted by molar-refractivity contribution is -0.139. The first-order valence-electron chi connectivity index (χ1n) is 10.8. The monoisotopic (exact) mass is 458 g/mol. The Labute approximate surface area is 198 Å². The molecule has 174 valence electrons. The van der Waals surface area contributed by atoms with Crippen LogP contribution < -0.4 is 18.9 Å². The summed E-state index contributed by atoms with van der Waals surface area (Å²) in [5, 5.41) is 11.2. The van der Waals surface area contributed by atoms with Crippen molar-refractivity contribution < 1.29 is 28.8 Å². The van der Waals surface area contributed by atoms with Gasteiger partial charge in [0.05, 0.1) is 21.3 Å². The van der Waals surface area contributed by atoms with Gasteiger partial charge in [-0.25, -0.2) is 4.79 Å². The fraction of sp³-hybridized carbons (Fsp3) is 0.179. The Kier molecular flexibility index (Phi) is 6.87. The summed E-state index contributed by atoms with van der Waals surface area (Å²) in [5.41, 5.74) is 3.00. The van der Waals surface area contributed by atoms with Crippen LogP contribution in [0, 0.1) is 0 Å². The van der Waals surface area contributed by atoms with E-state index in [1.165, 1.54) is 0 Å². The molecule has 0 fully saturated rings. The number of carbonyl (C=O) groups is 1. The van der Waals surface area contributed by atoms with Crippen LogP contribution >= 0.6 is 0 Å². The van der Waals surface area contributed by atoms with Crippen molar-refractivity contribution >= 4 is 16.7 Å². The molecule has 4 aromatic carbocycles. The first-order valence-corrected chi connectivity index (χ1v) is 10.8. The summed E-state index contributed by atoms with van der Waals surface area (Å²) in [6.07, 6.45) is 0. The molecular formula is C28H26O6. The molecule has 0 radical (unpaired) electrons. The smallest absolute Gasteiger partial charge is 0.341 e. The van der Waals surface area contributed by atoms with Crippen LogP contribution in [0.25, 0.3) is 10.8 Å². The molecule has 0 aliphatic rings. The zero-order valence-corrected chi connectivity index (χ0v) is 19.3. The van der Waals surface area contributed by atoms with E-state index < -0.39 is 12.6 Å². The maximum Gasteiger partial charge on any atom is 0.341 e. The minimum absolute atomic E-state index is 0.200. The number of hydrogen-bond acceptors (Lipinski definition) is 5. The maximum atomic E-state index is 10.9. The normalized spacial score (nSPS) is 11.6. The lowest BCUT2D eigenvalue weighted by Gasteiger charge is -2.25. The standard InChI is InChI=1S/C28H26O6/c1-31-24-16-15-23(27(32-2)28(24)33-3)26(19-11-13-20(14-12-19)34-17-25(29)30)22-10-6-8-18-7-4-5-9-21(18)22/h4-16,26H,17H2,1-3H3,(H,29,30). The van der Waals surface area contributed by atoms with Crippen molar-refractivity contribution in [1.82, 2.24) is 0 Å². The number of ether oxygens (including phenoxy) is 4. The topological polar surface area (TPSA) is 74.2 Å². The van der Waals surface area contributed by atoms with Crippen molar-refractivity contribution in [3.8, 4) is 23.0 Å². The molecular weight excluding hydrogens is 432 g/mol. The number of carboxylic acid groups (broad SMARTS) is 1. The fourth-order valence-corrected chi connectivity index (χ4v) is 4.28. The van der Waals surface area contributed by atoms with Gasteiger partial charge < -0.3 is 24.1 Å². The van der Waals surface area contributed by atoms with Gasteiger partial charge in [0.25, 0.3) is 0 Å². The molecule has 6 nitrogen and oxygen atoms in total. The molecule has 4 rings (SSSR count). The molecule has 0 saturated carbocycles. The van der Waals surface area contributed by atoms with E-state index in [1.54, 1.807) is 33.5 Å². The van der Waals surface area contributed by atoms with Gasteiger partial charge in [-0.1, -0.05) is 60.7 Å². The lowest BCUT2D eigenvalue weighted by atomic mass is 9.82. The van der Waals surface area contributed by atoms with Crippen LogP contribution in [-0.4, -0.2) is 39.0 Å². The second-order valence-electron chi connectivity index (χ2n) is 7.68. The van der Waals surface area contributed by atoms with Gasteiger partial charge >= 0.3 is 5.97 Å². The molecule has 0 aromatic heterocycles. The van der Waals surface area contributed by atoms with E-state index in [9.17, 15) is 4.79 Å². The van der Waals surface area contributed by atoms with Crippen molar-refractivity contribution in [2.45, 2.75) is 5.92 Å². The third-order valence-corrected chi connectivity index (χ3v) is 5.76. The van der Waals surface area contributed by atoms with Gasteiger partial charge in [0.1, 0.15) is 5.75 Å². The van der Waals surface area contributed by atoms with E-state index in [0.29, 0.717) is 23.0 Å². The van der Waals surface area contributed by atoms with Crippen molar-refractivity contribution in [1.29, 1.82) is 0 Å². The van der Waals surface area contributed by atoms with Crippen LogP contribution in [0.15, 0.2) is 78.9 Å². The van der Waals surface area contributed by atoms with Crippen LogP contribution in [-0.2, 0) is 4.79 Å². The zero-order chi connectivity index (χ0) is 24.1. The summed E-state index contributed by atoms with van der Waals surface area (Å²) in [5.74, 6) is 0.960. The first kappa shape index (κ1) is 23.0. The maximum absolute atomic E-state index is 10.9. The summed E-state index contributed by atoms with van der Waals surface area (Å²) in [7, 11) is 4.80. The van der Waals surface area contributed by atoms with Gasteiger partial charge in [0.2, 0.25) is 5.75 Å². The Morgan fingerprint density at radius 1 is 0.765 bits per heavy atom. The second kappa shape index (κ2) is 10.2. The number of rotatable bonds is 9. The van der Waals surface area contributed by atoms with Crippen molar-refractivity contribution in [2.75, 3.05) is 27.9 Å². The molecule has 1 unspecified atom stereocenters. The molecule has 0 heterocycles. The number of methoxy groups -OCH3 is 3. The quantitative estimate of drug-likeness (QED) is 0.334. The van der Waals surface area contributed by atoms with E-state index in [0.717, 1.165) is 27.5 Å². The molecule has 0 amide bonds. The Morgan fingerprint density at radius 3 is 2.15 bits per heavy atom. The molecule has 0 bridgehead atoms. The summed E-state index contributed by atoms with van der Waals surface area (Å²) in [4.78, 5) is 10.9. The highest BCUT2D eigenvalue weighted by Crippen LogP contribution is 2.47. The largest absolute Gasteiger partial charge is 0.493 e. The van der Waals surface area contributed by atoms with Gasteiger partial charge in [-0.2, -0.15) is 0 Å².